The molecular weight excluding hydrogens is 348 g/mol. The number of carbonyl (C=O) groups excluding carboxylic acids is 2. The lowest BCUT2D eigenvalue weighted by Crippen LogP contribution is -2.70. The molecule has 2 aromatic carbocycles. The number of para-hydroxylation sites is 1. The highest BCUT2D eigenvalue weighted by atomic mass is 16.2. The molecule has 2 aliphatic rings. The Morgan fingerprint density at radius 1 is 0.964 bits per heavy atom. The van der Waals surface area contributed by atoms with Gasteiger partial charge in [0.15, 0.2) is 5.54 Å². The molecule has 4 heteroatoms. The molecule has 2 amide bonds. The van der Waals surface area contributed by atoms with Crippen molar-refractivity contribution in [2.75, 3.05) is 4.90 Å². The lowest BCUT2D eigenvalue weighted by Gasteiger charge is -2.49. The molecule has 1 aliphatic carbocycles. The number of rotatable bonds is 5. The van der Waals surface area contributed by atoms with E-state index in [1.807, 2.05) is 72.8 Å². The third kappa shape index (κ3) is 3.59. The van der Waals surface area contributed by atoms with E-state index < -0.39 is 5.54 Å². The highest BCUT2D eigenvalue weighted by Crippen LogP contribution is 2.39. The van der Waals surface area contributed by atoms with Gasteiger partial charge >= 0.3 is 0 Å². The minimum absolute atomic E-state index is 0.0253. The van der Waals surface area contributed by atoms with E-state index in [2.05, 4.69) is 5.32 Å². The maximum absolute atomic E-state index is 13.4. The van der Waals surface area contributed by atoms with Gasteiger partial charge in [0.05, 0.1) is 6.42 Å². The van der Waals surface area contributed by atoms with Crippen molar-refractivity contribution >= 4 is 23.6 Å². The lowest BCUT2D eigenvalue weighted by molar-refractivity contribution is -0.137. The maximum Gasteiger partial charge on any atom is 0.251 e. The van der Waals surface area contributed by atoms with Gasteiger partial charge in [0.2, 0.25) is 5.91 Å². The van der Waals surface area contributed by atoms with Crippen LogP contribution in [0.1, 0.15) is 44.1 Å². The Morgan fingerprint density at radius 2 is 1.61 bits per heavy atom. The largest absolute Gasteiger partial charge is 0.351 e. The molecule has 1 N–H and O–H groups in total. The number of nitrogens with zero attached hydrogens (tertiary/aromatic N) is 1. The zero-order valence-corrected chi connectivity index (χ0v) is 16.0. The van der Waals surface area contributed by atoms with E-state index in [1.54, 1.807) is 4.90 Å². The molecule has 1 aliphatic heterocycles. The van der Waals surface area contributed by atoms with Crippen molar-refractivity contribution in [1.29, 1.82) is 0 Å². The summed E-state index contributed by atoms with van der Waals surface area (Å²) in [6, 6.07) is 19.6. The van der Waals surface area contributed by atoms with E-state index in [-0.39, 0.29) is 24.3 Å². The molecule has 1 heterocycles. The Balaban J connectivity index is 1.65. The van der Waals surface area contributed by atoms with Crippen molar-refractivity contribution in [3.8, 4) is 0 Å². The number of anilines is 1. The maximum atomic E-state index is 13.4. The van der Waals surface area contributed by atoms with Gasteiger partial charge in [-0.3, -0.25) is 14.5 Å². The molecule has 4 rings (SSSR count). The Morgan fingerprint density at radius 3 is 2.25 bits per heavy atom. The Hall–Kier alpha value is -2.88. The van der Waals surface area contributed by atoms with Crippen molar-refractivity contribution in [3.05, 3.63) is 72.3 Å². The molecule has 1 saturated heterocycles. The van der Waals surface area contributed by atoms with Crippen LogP contribution in [0.2, 0.25) is 0 Å². The highest BCUT2D eigenvalue weighted by molar-refractivity contribution is 6.15. The van der Waals surface area contributed by atoms with E-state index in [9.17, 15) is 9.59 Å². The second kappa shape index (κ2) is 8.01. The molecular formula is C24H26N2O2. The number of hydrogen-bond acceptors (Lipinski definition) is 2. The van der Waals surface area contributed by atoms with Gasteiger partial charge in [-0.05, 0) is 36.6 Å². The molecule has 144 valence electrons. The number of amides is 2. The molecule has 1 saturated carbocycles. The average molecular weight is 374 g/mol. The lowest BCUT2D eigenvalue weighted by atomic mass is 9.80. The van der Waals surface area contributed by atoms with Crippen molar-refractivity contribution in [2.24, 2.45) is 0 Å². The van der Waals surface area contributed by atoms with E-state index >= 15 is 0 Å². The monoisotopic (exact) mass is 374 g/mol. The van der Waals surface area contributed by atoms with Crippen LogP contribution in [-0.2, 0) is 9.59 Å². The Labute approximate surface area is 166 Å². The molecule has 28 heavy (non-hydrogen) atoms. The Bertz CT molecular complexity index is 857. The fraction of sp³-hybridized carbons (Fsp3) is 0.333. The third-order valence-corrected chi connectivity index (χ3v) is 5.77. The molecule has 2 fully saturated rings. The average Bonchev–Trinajstić information content (AvgIpc) is 2.73. The molecule has 1 atom stereocenters. The quantitative estimate of drug-likeness (QED) is 0.792. The molecule has 0 unspecified atom stereocenters. The first-order valence-corrected chi connectivity index (χ1v) is 10.1. The second-order valence-electron chi connectivity index (χ2n) is 7.72. The van der Waals surface area contributed by atoms with Gasteiger partial charge in [-0.1, -0.05) is 73.9 Å². The first-order valence-electron chi connectivity index (χ1n) is 10.1. The number of hydrogen-bond donors (Lipinski definition) is 1. The molecule has 0 bridgehead atoms. The van der Waals surface area contributed by atoms with Crippen LogP contribution in [0.3, 0.4) is 0 Å². The SMILES string of the molecule is O=C1C[C@](/C=C/c2ccccc2)(C(=O)NC2CCCCC2)N1c1ccccc1. The van der Waals surface area contributed by atoms with Crippen LogP contribution in [-0.4, -0.2) is 23.4 Å². The number of carbonyl (C=O) groups is 2. The van der Waals surface area contributed by atoms with E-state index in [0.29, 0.717) is 0 Å². The van der Waals surface area contributed by atoms with Gasteiger partial charge in [-0.25, -0.2) is 0 Å². The summed E-state index contributed by atoms with van der Waals surface area (Å²) in [6.45, 7) is 0. The van der Waals surface area contributed by atoms with Crippen LogP contribution in [0.4, 0.5) is 5.69 Å². The van der Waals surface area contributed by atoms with Crippen LogP contribution in [0, 0.1) is 0 Å². The zero-order valence-electron chi connectivity index (χ0n) is 16.0. The summed E-state index contributed by atoms with van der Waals surface area (Å²) in [7, 11) is 0. The molecule has 4 nitrogen and oxygen atoms in total. The van der Waals surface area contributed by atoms with Gasteiger partial charge in [-0.2, -0.15) is 0 Å². The van der Waals surface area contributed by atoms with Crippen molar-refractivity contribution in [3.63, 3.8) is 0 Å². The second-order valence-corrected chi connectivity index (χ2v) is 7.72. The number of nitrogens with one attached hydrogen (secondary N) is 1. The molecule has 0 spiro atoms. The summed E-state index contributed by atoms with van der Waals surface area (Å²) >= 11 is 0. The van der Waals surface area contributed by atoms with Crippen LogP contribution in [0.25, 0.3) is 6.08 Å². The molecule has 2 aromatic rings. The minimum atomic E-state index is -0.967. The van der Waals surface area contributed by atoms with Gasteiger partial charge in [0.1, 0.15) is 0 Å². The van der Waals surface area contributed by atoms with Crippen LogP contribution in [0.5, 0.6) is 0 Å². The summed E-state index contributed by atoms with van der Waals surface area (Å²) in [4.78, 5) is 27.6. The highest BCUT2D eigenvalue weighted by Gasteiger charge is 2.55. The summed E-state index contributed by atoms with van der Waals surface area (Å²) < 4.78 is 0. The fourth-order valence-corrected chi connectivity index (χ4v) is 4.22. The van der Waals surface area contributed by atoms with Crippen LogP contribution < -0.4 is 10.2 Å². The summed E-state index contributed by atoms with van der Waals surface area (Å²) in [5.41, 5.74) is 0.807. The van der Waals surface area contributed by atoms with E-state index in [1.165, 1.54) is 6.42 Å². The summed E-state index contributed by atoms with van der Waals surface area (Å²) in [5.74, 6) is -0.0993. The number of benzene rings is 2. The van der Waals surface area contributed by atoms with E-state index in [0.717, 1.165) is 36.9 Å². The predicted octanol–water partition coefficient (Wildman–Crippen LogP) is 4.32. The van der Waals surface area contributed by atoms with Gasteiger partial charge < -0.3 is 5.32 Å². The molecule has 0 radical (unpaired) electrons. The summed E-state index contributed by atoms with van der Waals surface area (Å²) in [5, 5.41) is 3.23. The number of β-lactam (4-membered cyclic amide) rings is 1. The van der Waals surface area contributed by atoms with Gasteiger partial charge in [-0.15, -0.1) is 0 Å². The van der Waals surface area contributed by atoms with Crippen molar-refractivity contribution < 1.29 is 9.59 Å². The van der Waals surface area contributed by atoms with E-state index in [4.69, 9.17) is 0 Å². The minimum Gasteiger partial charge on any atom is -0.351 e. The van der Waals surface area contributed by atoms with Crippen molar-refractivity contribution in [2.45, 2.75) is 50.1 Å². The third-order valence-electron chi connectivity index (χ3n) is 5.77. The van der Waals surface area contributed by atoms with Gasteiger partial charge in [0.25, 0.3) is 5.91 Å². The first-order chi connectivity index (χ1) is 13.7. The standard InChI is InChI=1S/C24H26N2O2/c27-22-18-24(17-16-19-10-4-1-5-11-19,26(22)21-14-8-3-9-15-21)23(28)25-20-12-6-2-7-13-20/h1,3-5,8-11,14-17,20H,2,6-7,12-13,18H2,(H,25,28)/b17-16+/t24-/m1/s1. The zero-order chi connectivity index (χ0) is 19.4. The van der Waals surface area contributed by atoms with Crippen LogP contribution >= 0.6 is 0 Å². The topological polar surface area (TPSA) is 49.4 Å². The molecule has 0 aromatic heterocycles. The van der Waals surface area contributed by atoms with Gasteiger partial charge in [0, 0.05) is 11.7 Å². The smallest absolute Gasteiger partial charge is 0.251 e. The van der Waals surface area contributed by atoms with Crippen LogP contribution in [0.15, 0.2) is 66.7 Å². The Kier molecular flexibility index (Phi) is 5.29. The predicted molar refractivity (Wildman–Crippen MR) is 112 cm³/mol. The normalized spacial score (nSPS) is 22.9. The first kappa shape index (κ1) is 18.5. The van der Waals surface area contributed by atoms with Crippen molar-refractivity contribution in [1.82, 2.24) is 5.32 Å². The summed E-state index contributed by atoms with van der Waals surface area (Å²) in [6.07, 6.45) is 9.62. The fourth-order valence-electron chi connectivity index (χ4n) is 4.22.